The fourth-order valence-electron chi connectivity index (χ4n) is 2.64. The van der Waals surface area contributed by atoms with Crippen LogP contribution in [0.1, 0.15) is 17.2 Å². The Kier molecular flexibility index (Phi) is 3.27. The van der Waals surface area contributed by atoms with Gasteiger partial charge in [-0.05, 0) is 33.1 Å². The summed E-state index contributed by atoms with van der Waals surface area (Å²) in [5.41, 5.74) is 3.20. The Morgan fingerprint density at radius 3 is 2.68 bits per heavy atom. The lowest BCUT2D eigenvalue weighted by Gasteiger charge is -2.23. The van der Waals surface area contributed by atoms with Gasteiger partial charge in [-0.1, -0.05) is 41.9 Å². The molecule has 1 nitrogen and oxygen atoms in total. The zero-order valence-corrected chi connectivity index (χ0v) is 12.7. The smallest absolute Gasteiger partial charge is 0.145 e. The number of likely N-dealkylation sites (N-methyl/N-ethyl adjacent to an activating group) is 1. The molecule has 2 aromatic carbocycles. The third-order valence-corrected chi connectivity index (χ3v) is 5.14. The van der Waals surface area contributed by atoms with Crippen molar-refractivity contribution in [3.63, 3.8) is 0 Å². The second kappa shape index (κ2) is 4.80. The van der Waals surface area contributed by atoms with E-state index < -0.39 is 0 Å². The summed E-state index contributed by atoms with van der Waals surface area (Å²) >= 11 is 9.37. The Hall–Kier alpha value is -1.06. The highest BCUT2D eigenvalue weighted by atomic mass is 79.9. The largest absolute Gasteiger partial charge is 0.367 e. The maximum atomic E-state index is 13.7. The molecule has 0 bridgehead atoms. The van der Waals surface area contributed by atoms with E-state index in [9.17, 15) is 4.39 Å². The van der Waals surface area contributed by atoms with Crippen LogP contribution in [0.15, 0.2) is 40.9 Å². The molecule has 98 valence electrons. The van der Waals surface area contributed by atoms with E-state index in [1.807, 2.05) is 25.2 Å². The van der Waals surface area contributed by atoms with Gasteiger partial charge in [0, 0.05) is 23.6 Å². The van der Waals surface area contributed by atoms with Crippen molar-refractivity contribution in [2.75, 3.05) is 11.9 Å². The van der Waals surface area contributed by atoms with Crippen molar-refractivity contribution in [2.24, 2.45) is 0 Å². The molecule has 4 heteroatoms. The number of nitrogens with zero attached hydrogens (tertiary/aromatic N) is 1. The summed E-state index contributed by atoms with van der Waals surface area (Å²) in [5, 5.41) is 0.167. The summed E-state index contributed by atoms with van der Waals surface area (Å²) < 4.78 is 14.4. The van der Waals surface area contributed by atoms with Crippen molar-refractivity contribution in [3.8, 4) is 0 Å². The first kappa shape index (κ1) is 12.9. The molecule has 0 radical (unpaired) electrons. The van der Waals surface area contributed by atoms with Gasteiger partial charge < -0.3 is 4.90 Å². The van der Waals surface area contributed by atoms with E-state index in [0.29, 0.717) is 4.47 Å². The third-order valence-electron chi connectivity index (χ3n) is 3.67. The van der Waals surface area contributed by atoms with Crippen LogP contribution in [0.3, 0.4) is 0 Å². The van der Waals surface area contributed by atoms with Gasteiger partial charge in [0.15, 0.2) is 0 Å². The molecule has 0 saturated heterocycles. The molecule has 0 spiro atoms. The molecule has 0 aliphatic carbocycles. The molecule has 0 aromatic heterocycles. The Morgan fingerprint density at radius 1 is 1.32 bits per heavy atom. The molecule has 3 rings (SSSR count). The topological polar surface area (TPSA) is 3.24 Å². The van der Waals surface area contributed by atoms with Gasteiger partial charge in [-0.3, -0.25) is 0 Å². The van der Waals surface area contributed by atoms with Gasteiger partial charge in [-0.25, -0.2) is 4.39 Å². The molecule has 0 N–H and O–H groups in total. The van der Waals surface area contributed by atoms with Crippen molar-refractivity contribution >= 4 is 33.2 Å². The van der Waals surface area contributed by atoms with Gasteiger partial charge in [0.05, 0.1) is 11.1 Å². The van der Waals surface area contributed by atoms with E-state index >= 15 is 0 Å². The molecule has 0 amide bonds. The molecule has 0 saturated carbocycles. The number of hydrogen-bond donors (Lipinski definition) is 0. The lowest BCUT2D eigenvalue weighted by molar-refractivity contribution is 0.627. The highest BCUT2D eigenvalue weighted by Gasteiger charge is 2.31. The van der Waals surface area contributed by atoms with E-state index in [1.54, 1.807) is 0 Å². The van der Waals surface area contributed by atoms with E-state index in [4.69, 9.17) is 11.6 Å². The lowest BCUT2D eigenvalue weighted by atomic mass is 10.0. The average molecular weight is 341 g/mol. The SMILES string of the molecule is CN1c2cc(F)c(Cl)c(Br)c2CC1c1ccccc1. The maximum absolute atomic E-state index is 13.7. The number of fused-ring (bicyclic) bond motifs is 1. The van der Waals surface area contributed by atoms with E-state index in [2.05, 4.69) is 33.0 Å². The van der Waals surface area contributed by atoms with Crippen LogP contribution in [0.25, 0.3) is 0 Å². The predicted molar refractivity (Wildman–Crippen MR) is 80.4 cm³/mol. The number of anilines is 1. The molecule has 1 atom stereocenters. The highest BCUT2D eigenvalue weighted by molar-refractivity contribution is 9.10. The number of halogens is 3. The molecular weight excluding hydrogens is 329 g/mol. The van der Waals surface area contributed by atoms with Crippen LogP contribution in [0.4, 0.5) is 10.1 Å². The molecular formula is C15H12BrClFN. The minimum absolute atomic E-state index is 0.167. The first-order valence-electron chi connectivity index (χ1n) is 6.03. The van der Waals surface area contributed by atoms with Crippen molar-refractivity contribution in [2.45, 2.75) is 12.5 Å². The normalized spacial score (nSPS) is 17.7. The molecule has 1 unspecified atom stereocenters. The second-order valence-electron chi connectivity index (χ2n) is 4.73. The van der Waals surface area contributed by atoms with Crippen LogP contribution in [-0.4, -0.2) is 7.05 Å². The number of benzene rings is 2. The minimum Gasteiger partial charge on any atom is -0.367 e. The molecule has 19 heavy (non-hydrogen) atoms. The predicted octanol–water partition coefficient (Wildman–Crippen LogP) is 4.98. The summed E-state index contributed by atoms with van der Waals surface area (Å²) in [4.78, 5) is 2.11. The van der Waals surface area contributed by atoms with Gasteiger partial charge in [-0.2, -0.15) is 0 Å². The van der Waals surface area contributed by atoms with Gasteiger partial charge in [0.25, 0.3) is 0 Å². The van der Waals surface area contributed by atoms with E-state index in [0.717, 1.165) is 17.7 Å². The molecule has 2 aromatic rings. The average Bonchev–Trinajstić information content (AvgIpc) is 2.75. The lowest BCUT2D eigenvalue weighted by Crippen LogP contribution is -2.19. The van der Waals surface area contributed by atoms with Crippen molar-refractivity contribution in [1.29, 1.82) is 0 Å². The summed E-state index contributed by atoms with van der Waals surface area (Å²) in [6, 6.07) is 12.0. The highest BCUT2D eigenvalue weighted by Crippen LogP contribution is 2.45. The zero-order valence-electron chi connectivity index (χ0n) is 10.3. The summed E-state index contributed by atoms with van der Waals surface area (Å²) in [5.74, 6) is -0.382. The van der Waals surface area contributed by atoms with Gasteiger partial charge in [0.1, 0.15) is 5.82 Å². The number of hydrogen-bond acceptors (Lipinski definition) is 1. The van der Waals surface area contributed by atoms with Crippen LogP contribution in [0.5, 0.6) is 0 Å². The Bertz CT molecular complexity index is 630. The fourth-order valence-corrected chi connectivity index (χ4v) is 3.37. The molecule has 1 heterocycles. The standard InChI is InChI=1S/C15H12BrClFN/c1-19-12(9-5-3-2-4-6-9)7-10-13(19)8-11(18)15(17)14(10)16/h2-6,8,12H,7H2,1H3. The van der Waals surface area contributed by atoms with Crippen LogP contribution in [0, 0.1) is 5.82 Å². The number of rotatable bonds is 1. The zero-order chi connectivity index (χ0) is 13.6. The van der Waals surface area contributed by atoms with Crippen molar-refractivity contribution in [3.05, 3.63) is 62.8 Å². The van der Waals surface area contributed by atoms with E-state index in [1.165, 1.54) is 11.6 Å². The first-order chi connectivity index (χ1) is 9.09. The Labute approximate surface area is 125 Å². The first-order valence-corrected chi connectivity index (χ1v) is 7.21. The molecule has 1 aliphatic rings. The summed E-state index contributed by atoms with van der Waals surface area (Å²) in [6.45, 7) is 0. The van der Waals surface area contributed by atoms with Crippen LogP contribution in [-0.2, 0) is 6.42 Å². The van der Waals surface area contributed by atoms with Gasteiger partial charge in [-0.15, -0.1) is 0 Å². The second-order valence-corrected chi connectivity index (χ2v) is 5.90. The summed E-state index contributed by atoms with van der Waals surface area (Å²) in [7, 11) is 1.99. The van der Waals surface area contributed by atoms with Crippen LogP contribution < -0.4 is 4.90 Å². The molecule has 0 fully saturated rings. The Morgan fingerprint density at radius 2 is 2.00 bits per heavy atom. The Balaban J connectivity index is 2.07. The molecule has 1 aliphatic heterocycles. The fraction of sp³-hybridized carbons (Fsp3) is 0.200. The van der Waals surface area contributed by atoms with Crippen molar-refractivity contribution in [1.82, 2.24) is 0 Å². The van der Waals surface area contributed by atoms with Crippen LogP contribution >= 0.6 is 27.5 Å². The van der Waals surface area contributed by atoms with Gasteiger partial charge in [0.2, 0.25) is 0 Å². The maximum Gasteiger partial charge on any atom is 0.145 e. The minimum atomic E-state index is -0.382. The quantitative estimate of drug-likeness (QED) is 0.662. The third kappa shape index (κ3) is 2.05. The summed E-state index contributed by atoms with van der Waals surface area (Å²) in [6.07, 6.45) is 0.830. The monoisotopic (exact) mass is 339 g/mol. The van der Waals surface area contributed by atoms with Gasteiger partial charge >= 0.3 is 0 Å². The van der Waals surface area contributed by atoms with Crippen molar-refractivity contribution < 1.29 is 4.39 Å². The van der Waals surface area contributed by atoms with E-state index in [-0.39, 0.29) is 16.9 Å². The van der Waals surface area contributed by atoms with Crippen LogP contribution in [0.2, 0.25) is 5.02 Å².